The second-order valence-corrected chi connectivity index (χ2v) is 3.69. The fraction of sp³-hybridized carbons (Fsp3) is 1.00. The van der Waals surface area contributed by atoms with Crippen molar-refractivity contribution in [2.24, 2.45) is 0 Å². The predicted molar refractivity (Wildman–Crippen MR) is 50.0 cm³/mol. The average Bonchev–Trinajstić information content (AvgIpc) is 2.03. The van der Waals surface area contributed by atoms with Crippen molar-refractivity contribution in [3.63, 3.8) is 0 Å². The first kappa shape index (κ1) is 15.9. The zero-order valence-corrected chi connectivity index (χ0v) is 12.2. The van der Waals surface area contributed by atoms with Crippen LogP contribution in [0.4, 0.5) is 0 Å². The number of hydrogen-bond acceptors (Lipinski definition) is 2. The van der Waals surface area contributed by atoms with Crippen molar-refractivity contribution in [2.45, 2.75) is 39.5 Å². The van der Waals surface area contributed by atoms with Crippen molar-refractivity contribution in [1.29, 1.82) is 0 Å². The Labute approximate surface area is 107 Å². The van der Waals surface area contributed by atoms with Gasteiger partial charge in [0.2, 0.25) is 0 Å². The maximum absolute atomic E-state index is 5.34. The Morgan fingerprint density at radius 3 is 1.75 bits per heavy atom. The van der Waals surface area contributed by atoms with Crippen molar-refractivity contribution in [3.05, 3.63) is 0 Å². The summed E-state index contributed by atoms with van der Waals surface area (Å²) in [5.41, 5.74) is 0. The Kier molecular flexibility index (Phi) is 19.8. The second-order valence-electron chi connectivity index (χ2n) is 2.64. The molecule has 0 saturated heterocycles. The molecule has 0 aromatic carbocycles. The molecule has 0 fully saturated rings. The molecule has 0 N–H and O–H groups in total. The molecular weight excluding hydrogens is 178 g/mol. The third-order valence-corrected chi connectivity index (χ3v) is 2.36. The van der Waals surface area contributed by atoms with E-state index in [-0.39, 0.29) is 31.0 Å². The summed E-state index contributed by atoms with van der Waals surface area (Å²) in [6.45, 7) is 6.13. The molecule has 0 aromatic rings. The van der Waals surface area contributed by atoms with Crippen molar-refractivity contribution in [3.8, 4) is 0 Å². The zero-order valence-electron chi connectivity index (χ0n) is 9.77. The van der Waals surface area contributed by atoms with Crippen molar-refractivity contribution >= 4 is 15.9 Å². The molecule has 0 rings (SSSR count). The van der Waals surface area contributed by atoms with Gasteiger partial charge in [-0.2, -0.15) is 0 Å². The Bertz CT molecular complexity index is 71.2. The van der Waals surface area contributed by atoms with Gasteiger partial charge in [-0.1, -0.05) is 26.7 Å². The summed E-state index contributed by atoms with van der Waals surface area (Å²) >= 11 is -0.629. The van der Waals surface area contributed by atoms with Crippen LogP contribution in [0.1, 0.15) is 41.0 Å². The van der Waals surface area contributed by atoms with Crippen LogP contribution in [-0.2, 0) is 7.58 Å². The summed E-state index contributed by atoms with van der Waals surface area (Å²) in [4.78, 5) is 0. The summed E-state index contributed by atoms with van der Waals surface area (Å²) in [6.07, 6.45) is 4.76. The molecule has 4 heteroatoms. The van der Waals surface area contributed by atoms with Gasteiger partial charge < -0.3 is 9.00 Å². The van der Waals surface area contributed by atoms with Crippen LogP contribution in [-0.4, -0.2) is 29.1 Å². The molecule has 0 bridgehead atoms. The van der Waals surface area contributed by atoms with E-state index in [1.54, 1.807) is 0 Å². The minimum absolute atomic E-state index is 0. The van der Waals surface area contributed by atoms with E-state index in [9.17, 15) is 0 Å². The standard InChI is InChI=1S/2C4H9O.Al.Na.2H/c2*1-2-3-4-5;;;;/h2*2-4H2,1H3;;;;/q2*-1;+2;+1;;-1. The molecule has 0 aliphatic carbocycles. The number of hydrogen-bond donors (Lipinski definition) is 0. The Morgan fingerprint density at radius 2 is 1.42 bits per heavy atom. The zero-order chi connectivity index (χ0) is 8.36. The monoisotopic (exact) mass is 198 g/mol. The molecule has 68 valence electrons. The van der Waals surface area contributed by atoms with Gasteiger partial charge >= 0.3 is 45.4 Å². The molecule has 0 amide bonds. The molecule has 0 atom stereocenters. The largest absolute Gasteiger partial charge is 1.00 e. The van der Waals surface area contributed by atoms with E-state index in [0.717, 1.165) is 13.2 Å². The third-order valence-electron chi connectivity index (χ3n) is 1.45. The minimum Gasteiger partial charge on any atom is -1.00 e. The maximum atomic E-state index is 5.34. The summed E-state index contributed by atoms with van der Waals surface area (Å²) in [7, 11) is 0. The van der Waals surface area contributed by atoms with Crippen LogP contribution in [0.2, 0.25) is 0 Å². The van der Waals surface area contributed by atoms with E-state index in [0.29, 0.717) is 0 Å². The van der Waals surface area contributed by atoms with Crippen LogP contribution in [0.5, 0.6) is 0 Å². The van der Waals surface area contributed by atoms with Crippen LogP contribution < -0.4 is 29.6 Å². The molecule has 12 heavy (non-hydrogen) atoms. The topological polar surface area (TPSA) is 18.5 Å². The van der Waals surface area contributed by atoms with Gasteiger partial charge in [-0.3, -0.25) is 0 Å². The Hall–Kier alpha value is 1.45. The van der Waals surface area contributed by atoms with Gasteiger partial charge in [-0.15, -0.1) is 0 Å². The van der Waals surface area contributed by atoms with Crippen molar-refractivity contribution in [2.75, 3.05) is 13.2 Å². The van der Waals surface area contributed by atoms with Gasteiger partial charge in [-0.25, -0.2) is 0 Å². The van der Waals surface area contributed by atoms with Gasteiger partial charge in [0, 0.05) is 13.2 Å². The molecule has 0 spiro atoms. The minimum atomic E-state index is -0.629. The summed E-state index contributed by atoms with van der Waals surface area (Å²) in [6, 6.07) is 0. The first-order chi connectivity index (χ1) is 5.41. The van der Waals surface area contributed by atoms with Gasteiger partial charge in [0.15, 0.2) is 0 Å². The van der Waals surface area contributed by atoms with Gasteiger partial charge in [0.25, 0.3) is 0 Å². The van der Waals surface area contributed by atoms with Crippen LogP contribution in [0.3, 0.4) is 0 Å². The fourth-order valence-corrected chi connectivity index (χ4v) is 1.43. The van der Waals surface area contributed by atoms with Crippen LogP contribution >= 0.6 is 0 Å². The van der Waals surface area contributed by atoms with E-state index in [1.165, 1.54) is 25.7 Å². The second kappa shape index (κ2) is 14.9. The van der Waals surface area contributed by atoms with Crippen LogP contribution in [0.15, 0.2) is 0 Å². The van der Waals surface area contributed by atoms with Crippen molar-refractivity contribution in [1.82, 2.24) is 0 Å². The van der Waals surface area contributed by atoms with E-state index in [1.807, 2.05) is 0 Å². The molecule has 0 aliphatic heterocycles. The molecule has 0 unspecified atom stereocenters. The Morgan fingerprint density at radius 1 is 1.00 bits per heavy atom. The quantitative estimate of drug-likeness (QED) is 0.368. The molecule has 0 aromatic heterocycles. The third kappa shape index (κ3) is 14.0. The SMILES string of the molecule is CCCC[O][AlH][O]CCCC.[H-].[Na+]. The van der Waals surface area contributed by atoms with Crippen LogP contribution in [0.25, 0.3) is 0 Å². The fourth-order valence-electron chi connectivity index (χ4n) is 0.670. The molecular formula is C8H20AlNaO2. The summed E-state index contributed by atoms with van der Waals surface area (Å²) in [5, 5.41) is 0. The number of rotatable bonds is 8. The van der Waals surface area contributed by atoms with Gasteiger partial charge in [0.05, 0.1) is 0 Å². The van der Waals surface area contributed by atoms with E-state index in [4.69, 9.17) is 7.58 Å². The van der Waals surface area contributed by atoms with Crippen LogP contribution in [0, 0.1) is 0 Å². The first-order valence-corrected chi connectivity index (χ1v) is 5.72. The normalized spacial score (nSPS) is 9.17. The molecule has 0 saturated carbocycles. The summed E-state index contributed by atoms with van der Waals surface area (Å²) < 4.78 is 10.7. The van der Waals surface area contributed by atoms with E-state index < -0.39 is 15.9 Å². The summed E-state index contributed by atoms with van der Waals surface area (Å²) in [5.74, 6) is 0. The van der Waals surface area contributed by atoms with Gasteiger partial charge in [0.1, 0.15) is 0 Å². The molecule has 0 aliphatic rings. The smallest absolute Gasteiger partial charge is 1.00 e. The van der Waals surface area contributed by atoms with Gasteiger partial charge in [-0.05, 0) is 12.8 Å². The van der Waals surface area contributed by atoms with Crippen molar-refractivity contribution < 1.29 is 38.6 Å². The predicted octanol–water partition coefficient (Wildman–Crippen LogP) is -0.997. The molecule has 0 heterocycles. The van der Waals surface area contributed by atoms with E-state index in [2.05, 4.69) is 13.8 Å². The van der Waals surface area contributed by atoms with E-state index >= 15 is 0 Å². The number of unbranched alkanes of at least 4 members (excludes halogenated alkanes) is 2. The molecule has 0 radical (unpaired) electrons. The maximum Gasteiger partial charge on any atom is 1.00 e. The average molecular weight is 198 g/mol. The Balaban J connectivity index is -0.000000500. The first-order valence-electron chi connectivity index (χ1n) is 4.57. The molecule has 2 nitrogen and oxygen atoms in total.